The second-order valence-corrected chi connectivity index (χ2v) is 9.10. The van der Waals surface area contributed by atoms with Gasteiger partial charge in [0, 0.05) is 34.0 Å². The highest BCUT2D eigenvalue weighted by atomic mass is 79.9. The standard InChI is InChI=1S/C25H20BrN3O4S/c1-33-23-8-3-2-7-22(23)28(24(30)14-9-17-5-4-6-19(26)15-17)25-27-21(16-34-25)18-10-12-20(13-11-18)29(31)32/h2-8,10-13,15-16H,9,14H2,1H3. The van der Waals surface area contributed by atoms with E-state index in [-0.39, 0.29) is 18.0 Å². The van der Waals surface area contributed by atoms with Gasteiger partial charge in [0.1, 0.15) is 5.75 Å². The number of non-ortho nitro benzene ring substituents is 1. The van der Waals surface area contributed by atoms with Crippen molar-refractivity contribution in [3.8, 4) is 17.0 Å². The van der Waals surface area contributed by atoms with Gasteiger partial charge in [-0.05, 0) is 48.4 Å². The SMILES string of the molecule is COc1ccccc1N(C(=O)CCc1cccc(Br)c1)c1nc(-c2ccc([N+](=O)[O-])cc2)cs1. The normalized spacial score (nSPS) is 10.6. The number of amides is 1. The van der Waals surface area contributed by atoms with Crippen LogP contribution >= 0.6 is 27.3 Å². The molecule has 4 aromatic rings. The van der Waals surface area contributed by atoms with Crippen LogP contribution in [0.3, 0.4) is 0 Å². The third kappa shape index (κ3) is 5.32. The number of nitro benzene ring substituents is 1. The molecule has 0 N–H and O–H groups in total. The summed E-state index contributed by atoms with van der Waals surface area (Å²) in [5, 5.41) is 13.3. The maximum atomic E-state index is 13.5. The maximum absolute atomic E-state index is 13.5. The van der Waals surface area contributed by atoms with Crippen molar-refractivity contribution < 1.29 is 14.5 Å². The van der Waals surface area contributed by atoms with E-state index in [1.54, 1.807) is 30.2 Å². The van der Waals surface area contributed by atoms with E-state index >= 15 is 0 Å². The predicted molar refractivity (Wildman–Crippen MR) is 137 cm³/mol. The first-order valence-corrected chi connectivity index (χ1v) is 12.0. The average Bonchev–Trinajstić information content (AvgIpc) is 3.33. The van der Waals surface area contributed by atoms with E-state index in [1.807, 2.05) is 47.8 Å². The van der Waals surface area contributed by atoms with Crippen LogP contribution in [-0.4, -0.2) is 22.9 Å². The first-order chi connectivity index (χ1) is 16.5. The molecular weight excluding hydrogens is 518 g/mol. The molecule has 0 unspecified atom stereocenters. The number of benzene rings is 3. The molecule has 1 aromatic heterocycles. The molecule has 0 bridgehead atoms. The van der Waals surface area contributed by atoms with Crippen molar-refractivity contribution in [2.24, 2.45) is 0 Å². The highest BCUT2D eigenvalue weighted by Gasteiger charge is 2.24. The lowest BCUT2D eigenvalue weighted by Gasteiger charge is -2.22. The third-order valence-electron chi connectivity index (χ3n) is 5.15. The lowest BCUT2D eigenvalue weighted by molar-refractivity contribution is -0.384. The van der Waals surface area contributed by atoms with E-state index in [9.17, 15) is 14.9 Å². The molecule has 0 saturated heterocycles. The fraction of sp³-hybridized carbons (Fsp3) is 0.120. The van der Waals surface area contributed by atoms with Crippen LogP contribution in [0.15, 0.2) is 82.6 Å². The van der Waals surface area contributed by atoms with Crippen LogP contribution in [0.25, 0.3) is 11.3 Å². The maximum Gasteiger partial charge on any atom is 0.269 e. The van der Waals surface area contributed by atoms with Crippen molar-refractivity contribution in [1.29, 1.82) is 0 Å². The summed E-state index contributed by atoms with van der Waals surface area (Å²) >= 11 is 4.80. The van der Waals surface area contributed by atoms with Crippen molar-refractivity contribution in [2.75, 3.05) is 12.0 Å². The number of ether oxygens (including phenoxy) is 1. The monoisotopic (exact) mass is 537 g/mol. The van der Waals surface area contributed by atoms with Gasteiger partial charge in [-0.2, -0.15) is 0 Å². The molecule has 9 heteroatoms. The molecule has 0 fully saturated rings. The number of carbonyl (C=O) groups excluding carboxylic acids is 1. The summed E-state index contributed by atoms with van der Waals surface area (Å²) in [7, 11) is 1.56. The number of hydrogen-bond donors (Lipinski definition) is 0. The van der Waals surface area contributed by atoms with E-state index in [0.717, 1.165) is 15.6 Å². The van der Waals surface area contributed by atoms with E-state index in [1.165, 1.54) is 23.5 Å². The number of thiazole rings is 1. The van der Waals surface area contributed by atoms with Gasteiger partial charge in [-0.15, -0.1) is 11.3 Å². The number of hydrogen-bond acceptors (Lipinski definition) is 6. The first-order valence-electron chi connectivity index (χ1n) is 10.4. The molecule has 0 aliphatic heterocycles. The van der Waals surface area contributed by atoms with Crippen LogP contribution in [0, 0.1) is 10.1 Å². The topological polar surface area (TPSA) is 85.6 Å². The molecule has 0 radical (unpaired) electrons. The molecule has 3 aromatic carbocycles. The zero-order valence-corrected chi connectivity index (χ0v) is 20.6. The number of carbonyl (C=O) groups is 1. The van der Waals surface area contributed by atoms with Crippen LogP contribution in [0.5, 0.6) is 5.75 Å². The molecule has 0 spiro atoms. The largest absolute Gasteiger partial charge is 0.495 e. The number of nitrogens with zero attached hydrogens (tertiary/aromatic N) is 3. The van der Waals surface area contributed by atoms with Crippen LogP contribution in [0.1, 0.15) is 12.0 Å². The molecule has 0 atom stereocenters. The Labute approximate surface area is 208 Å². The minimum Gasteiger partial charge on any atom is -0.495 e. The number of methoxy groups -OCH3 is 1. The quantitative estimate of drug-likeness (QED) is 0.182. The van der Waals surface area contributed by atoms with Crippen LogP contribution < -0.4 is 9.64 Å². The van der Waals surface area contributed by atoms with E-state index < -0.39 is 4.92 Å². The van der Waals surface area contributed by atoms with Crippen LogP contribution in [-0.2, 0) is 11.2 Å². The van der Waals surface area contributed by atoms with Gasteiger partial charge >= 0.3 is 0 Å². The number of halogens is 1. The van der Waals surface area contributed by atoms with Crippen molar-refractivity contribution in [3.63, 3.8) is 0 Å². The van der Waals surface area contributed by atoms with E-state index in [2.05, 4.69) is 20.9 Å². The molecule has 172 valence electrons. The van der Waals surface area contributed by atoms with E-state index in [0.29, 0.717) is 28.7 Å². The van der Waals surface area contributed by atoms with Crippen LogP contribution in [0.2, 0.25) is 0 Å². The number of para-hydroxylation sites is 2. The van der Waals surface area contributed by atoms with Crippen molar-refractivity contribution in [1.82, 2.24) is 4.98 Å². The summed E-state index contributed by atoms with van der Waals surface area (Å²) in [5.41, 5.74) is 3.03. The lowest BCUT2D eigenvalue weighted by Crippen LogP contribution is -2.26. The van der Waals surface area contributed by atoms with Gasteiger partial charge in [-0.25, -0.2) is 4.98 Å². The Hall–Kier alpha value is -3.56. The highest BCUT2D eigenvalue weighted by Crippen LogP contribution is 2.38. The second kappa shape index (κ2) is 10.6. The Morgan fingerprint density at radius 1 is 1.12 bits per heavy atom. The highest BCUT2D eigenvalue weighted by molar-refractivity contribution is 9.10. The molecule has 7 nitrogen and oxygen atoms in total. The third-order valence-corrected chi connectivity index (χ3v) is 6.47. The Morgan fingerprint density at radius 2 is 1.88 bits per heavy atom. The minimum absolute atomic E-state index is 0.0116. The van der Waals surface area contributed by atoms with Crippen molar-refractivity contribution in [2.45, 2.75) is 12.8 Å². The number of rotatable bonds is 8. The molecule has 0 aliphatic carbocycles. The van der Waals surface area contributed by atoms with Gasteiger partial charge in [0.15, 0.2) is 5.13 Å². The Balaban J connectivity index is 1.66. The molecule has 0 saturated carbocycles. The predicted octanol–water partition coefficient (Wildman–Crippen LogP) is 6.79. The summed E-state index contributed by atoms with van der Waals surface area (Å²) < 4.78 is 6.48. The molecular formula is C25H20BrN3O4S. The van der Waals surface area contributed by atoms with E-state index in [4.69, 9.17) is 4.74 Å². The molecule has 34 heavy (non-hydrogen) atoms. The van der Waals surface area contributed by atoms with Gasteiger partial charge in [0.2, 0.25) is 5.91 Å². The Kier molecular flexibility index (Phi) is 7.34. The molecule has 1 amide bonds. The summed E-state index contributed by atoms with van der Waals surface area (Å²) in [6.07, 6.45) is 0.853. The summed E-state index contributed by atoms with van der Waals surface area (Å²) in [5.74, 6) is 0.444. The lowest BCUT2D eigenvalue weighted by atomic mass is 10.1. The van der Waals surface area contributed by atoms with Crippen molar-refractivity contribution in [3.05, 3.63) is 98.3 Å². The molecule has 4 rings (SSSR count). The second-order valence-electron chi connectivity index (χ2n) is 7.35. The molecule has 0 aliphatic rings. The summed E-state index contributed by atoms with van der Waals surface area (Å²) in [6.45, 7) is 0. The first kappa shape index (κ1) is 23.6. The summed E-state index contributed by atoms with van der Waals surface area (Å²) in [6, 6.07) is 21.4. The fourth-order valence-electron chi connectivity index (χ4n) is 3.47. The Bertz CT molecular complexity index is 1320. The number of aromatic nitrogens is 1. The minimum atomic E-state index is -0.441. The van der Waals surface area contributed by atoms with Gasteiger partial charge in [-0.1, -0.05) is 40.2 Å². The number of anilines is 2. The Morgan fingerprint density at radius 3 is 2.59 bits per heavy atom. The number of nitro groups is 1. The zero-order chi connectivity index (χ0) is 24.1. The van der Waals surface area contributed by atoms with Crippen molar-refractivity contribution >= 4 is 49.7 Å². The fourth-order valence-corrected chi connectivity index (χ4v) is 4.78. The zero-order valence-electron chi connectivity index (χ0n) is 18.2. The number of aryl methyl sites for hydroxylation is 1. The van der Waals surface area contributed by atoms with Gasteiger partial charge < -0.3 is 4.74 Å². The van der Waals surface area contributed by atoms with Gasteiger partial charge in [0.25, 0.3) is 5.69 Å². The van der Waals surface area contributed by atoms with Gasteiger partial charge in [-0.3, -0.25) is 19.8 Å². The smallest absolute Gasteiger partial charge is 0.269 e. The van der Waals surface area contributed by atoms with Gasteiger partial charge in [0.05, 0.1) is 23.4 Å². The summed E-state index contributed by atoms with van der Waals surface area (Å²) in [4.78, 5) is 30.3. The average molecular weight is 538 g/mol. The van der Waals surface area contributed by atoms with Crippen LogP contribution in [0.4, 0.5) is 16.5 Å². The molecule has 1 heterocycles.